The summed E-state index contributed by atoms with van der Waals surface area (Å²) in [5, 5.41) is 0. The first kappa shape index (κ1) is 8.59. The van der Waals surface area contributed by atoms with E-state index in [-0.39, 0.29) is 0 Å². The molecule has 2 N–H and O–H groups in total. The van der Waals surface area contributed by atoms with Crippen LogP contribution in [0.15, 0.2) is 24.4 Å². The van der Waals surface area contributed by atoms with E-state index >= 15 is 0 Å². The Morgan fingerprint density at radius 1 is 1.40 bits per heavy atom. The van der Waals surface area contributed by atoms with Gasteiger partial charge in [0.25, 0.3) is 0 Å². The molecule has 0 aliphatic heterocycles. The molecule has 1 aliphatic carbocycles. The van der Waals surface area contributed by atoms with Crippen molar-refractivity contribution in [3.63, 3.8) is 0 Å². The highest BCUT2D eigenvalue weighted by atomic mass is 19.1. The van der Waals surface area contributed by atoms with Crippen LogP contribution in [0.2, 0.25) is 0 Å². The molecule has 1 fully saturated rings. The maximum atomic E-state index is 13.8. The Morgan fingerprint density at radius 3 is 2.93 bits per heavy atom. The lowest BCUT2D eigenvalue weighted by molar-refractivity contribution is 0.310. The number of pyridine rings is 2. The summed E-state index contributed by atoms with van der Waals surface area (Å²) < 4.78 is 13.8. The van der Waals surface area contributed by atoms with Crippen molar-refractivity contribution >= 4 is 16.7 Å². The minimum Gasteiger partial charge on any atom is -0.397 e. The first-order valence-corrected chi connectivity index (χ1v) is 4.90. The van der Waals surface area contributed by atoms with Crippen LogP contribution in [0, 0.1) is 0 Å². The van der Waals surface area contributed by atoms with Gasteiger partial charge in [-0.15, -0.1) is 0 Å². The minimum atomic E-state index is -1.24. The number of aromatic nitrogens is 2. The summed E-state index contributed by atoms with van der Waals surface area (Å²) in [5.74, 6) is 0. The Kier molecular flexibility index (Phi) is 1.52. The minimum absolute atomic E-state index is 0.445. The lowest BCUT2D eigenvalue weighted by Gasteiger charge is -2.07. The summed E-state index contributed by atoms with van der Waals surface area (Å²) >= 11 is 0. The van der Waals surface area contributed by atoms with Gasteiger partial charge in [0, 0.05) is 6.20 Å². The average Bonchev–Trinajstić information content (AvgIpc) is 2.98. The number of alkyl halides is 1. The van der Waals surface area contributed by atoms with E-state index in [2.05, 4.69) is 9.97 Å². The Balaban J connectivity index is 2.27. The molecule has 15 heavy (non-hydrogen) atoms. The predicted octanol–water partition coefficient (Wildman–Crippen LogP) is 2.17. The number of anilines is 1. The second-order valence-corrected chi connectivity index (χ2v) is 3.93. The second-order valence-electron chi connectivity index (χ2n) is 3.93. The van der Waals surface area contributed by atoms with Crippen molar-refractivity contribution in [1.82, 2.24) is 9.97 Å². The summed E-state index contributed by atoms with van der Waals surface area (Å²) in [7, 11) is 0. The second kappa shape index (κ2) is 2.66. The zero-order valence-electron chi connectivity index (χ0n) is 8.07. The summed E-state index contributed by atoms with van der Waals surface area (Å²) in [4.78, 5) is 8.37. The summed E-state index contributed by atoms with van der Waals surface area (Å²) in [6.45, 7) is 0. The molecule has 0 bridgehead atoms. The van der Waals surface area contributed by atoms with Crippen molar-refractivity contribution < 1.29 is 4.39 Å². The van der Waals surface area contributed by atoms with Gasteiger partial charge in [-0.2, -0.15) is 0 Å². The van der Waals surface area contributed by atoms with E-state index in [1.807, 2.05) is 0 Å². The highest BCUT2D eigenvalue weighted by molar-refractivity contribution is 5.86. The smallest absolute Gasteiger partial charge is 0.153 e. The fourth-order valence-electron chi connectivity index (χ4n) is 1.68. The molecule has 4 heteroatoms. The fraction of sp³-hybridized carbons (Fsp3) is 0.273. The van der Waals surface area contributed by atoms with Gasteiger partial charge in [0.1, 0.15) is 5.52 Å². The van der Waals surface area contributed by atoms with Crippen LogP contribution in [0.4, 0.5) is 10.1 Å². The number of hydrogen-bond acceptors (Lipinski definition) is 3. The molecule has 2 aromatic heterocycles. The van der Waals surface area contributed by atoms with E-state index in [0.29, 0.717) is 35.3 Å². The normalized spacial score (nSPS) is 17.9. The third kappa shape index (κ3) is 1.25. The zero-order valence-corrected chi connectivity index (χ0v) is 8.07. The topological polar surface area (TPSA) is 51.8 Å². The van der Waals surface area contributed by atoms with Crippen molar-refractivity contribution in [2.45, 2.75) is 18.5 Å². The summed E-state index contributed by atoms with van der Waals surface area (Å²) in [5.41, 5.74) is 6.83. The Labute approximate surface area is 86.1 Å². The summed E-state index contributed by atoms with van der Waals surface area (Å²) in [6.07, 6.45) is 2.75. The average molecular weight is 203 g/mol. The molecule has 0 atom stereocenters. The predicted molar refractivity (Wildman–Crippen MR) is 56.0 cm³/mol. The first-order valence-electron chi connectivity index (χ1n) is 4.90. The lowest BCUT2D eigenvalue weighted by atomic mass is 10.2. The fourth-order valence-corrected chi connectivity index (χ4v) is 1.68. The Bertz CT molecular complexity index is 534. The standard InChI is InChI=1S/C11H10FN3/c12-11(3-4-11)9-6-7(13)10-8(15-9)2-1-5-14-10/h1-2,5-6H,3-4H2,(H2,13,15). The van der Waals surface area contributed by atoms with Crippen molar-refractivity contribution in [3.05, 3.63) is 30.1 Å². The van der Waals surface area contributed by atoms with Crippen LogP contribution in [-0.2, 0) is 5.67 Å². The molecule has 0 unspecified atom stereocenters. The molecule has 0 amide bonds. The van der Waals surface area contributed by atoms with Gasteiger partial charge in [-0.05, 0) is 31.0 Å². The zero-order chi connectivity index (χ0) is 10.5. The SMILES string of the molecule is Nc1cc(C2(F)CC2)nc2cccnc12. The highest BCUT2D eigenvalue weighted by Crippen LogP contribution is 2.49. The molecule has 76 valence electrons. The van der Waals surface area contributed by atoms with E-state index in [0.717, 1.165) is 0 Å². The van der Waals surface area contributed by atoms with Crippen LogP contribution >= 0.6 is 0 Å². The molecule has 2 heterocycles. The molecule has 0 aromatic carbocycles. The largest absolute Gasteiger partial charge is 0.397 e. The van der Waals surface area contributed by atoms with Crippen molar-refractivity contribution in [2.75, 3.05) is 5.73 Å². The number of nitrogens with zero attached hydrogens (tertiary/aromatic N) is 2. The van der Waals surface area contributed by atoms with E-state index in [9.17, 15) is 4.39 Å². The molecule has 3 rings (SSSR count). The molecular weight excluding hydrogens is 193 g/mol. The highest BCUT2D eigenvalue weighted by Gasteiger charge is 2.46. The van der Waals surface area contributed by atoms with Crippen LogP contribution in [0.1, 0.15) is 18.5 Å². The van der Waals surface area contributed by atoms with E-state index in [1.165, 1.54) is 0 Å². The number of rotatable bonds is 1. The van der Waals surface area contributed by atoms with Gasteiger partial charge in [-0.25, -0.2) is 9.37 Å². The van der Waals surface area contributed by atoms with E-state index < -0.39 is 5.67 Å². The molecule has 1 saturated carbocycles. The van der Waals surface area contributed by atoms with Gasteiger partial charge in [0.05, 0.1) is 16.9 Å². The molecule has 2 aromatic rings. The summed E-state index contributed by atoms with van der Waals surface area (Å²) in [6, 6.07) is 5.17. The van der Waals surface area contributed by atoms with Crippen molar-refractivity contribution in [2.24, 2.45) is 0 Å². The molecule has 0 radical (unpaired) electrons. The van der Waals surface area contributed by atoms with Crippen molar-refractivity contribution in [3.8, 4) is 0 Å². The monoisotopic (exact) mass is 203 g/mol. The van der Waals surface area contributed by atoms with E-state index in [4.69, 9.17) is 5.73 Å². The molecular formula is C11H10FN3. The third-order valence-electron chi connectivity index (χ3n) is 2.74. The van der Waals surface area contributed by atoms with Crippen LogP contribution in [0.3, 0.4) is 0 Å². The van der Waals surface area contributed by atoms with Crippen LogP contribution in [0.25, 0.3) is 11.0 Å². The Hall–Kier alpha value is -1.71. The molecule has 3 nitrogen and oxygen atoms in total. The van der Waals surface area contributed by atoms with Gasteiger partial charge in [0.15, 0.2) is 5.67 Å². The lowest BCUT2D eigenvalue weighted by Crippen LogP contribution is -2.04. The molecule has 1 aliphatic rings. The maximum Gasteiger partial charge on any atom is 0.153 e. The number of nitrogen functional groups attached to an aromatic ring is 1. The van der Waals surface area contributed by atoms with E-state index in [1.54, 1.807) is 24.4 Å². The number of hydrogen-bond donors (Lipinski definition) is 1. The molecule has 0 saturated heterocycles. The maximum absolute atomic E-state index is 13.8. The first-order chi connectivity index (χ1) is 7.19. The van der Waals surface area contributed by atoms with Gasteiger partial charge in [-0.3, -0.25) is 4.98 Å². The van der Waals surface area contributed by atoms with Crippen LogP contribution in [-0.4, -0.2) is 9.97 Å². The Morgan fingerprint density at radius 2 is 2.20 bits per heavy atom. The third-order valence-corrected chi connectivity index (χ3v) is 2.74. The van der Waals surface area contributed by atoms with Crippen molar-refractivity contribution in [1.29, 1.82) is 0 Å². The van der Waals surface area contributed by atoms with Gasteiger partial charge in [-0.1, -0.05) is 0 Å². The van der Waals surface area contributed by atoms with Crippen LogP contribution in [0.5, 0.6) is 0 Å². The van der Waals surface area contributed by atoms with Gasteiger partial charge in [0.2, 0.25) is 0 Å². The number of fused-ring (bicyclic) bond motifs is 1. The van der Waals surface area contributed by atoms with Crippen LogP contribution < -0.4 is 5.73 Å². The van der Waals surface area contributed by atoms with Gasteiger partial charge >= 0.3 is 0 Å². The quantitative estimate of drug-likeness (QED) is 0.772. The number of halogens is 1. The van der Waals surface area contributed by atoms with Gasteiger partial charge < -0.3 is 5.73 Å². The number of nitrogens with two attached hydrogens (primary N) is 1. The molecule has 0 spiro atoms.